The number of benzene rings is 1. The first-order valence-electron chi connectivity index (χ1n) is 5.26. The van der Waals surface area contributed by atoms with Crippen LogP contribution in [0.2, 0.25) is 0 Å². The topological polar surface area (TPSA) is 71.5 Å². The van der Waals surface area contributed by atoms with E-state index in [1.54, 1.807) is 0 Å². The van der Waals surface area contributed by atoms with Crippen molar-refractivity contribution < 1.29 is 16.8 Å². The standard InChI is InChI=1S/C10H13NO4S2/c12-16(13)9-3-5-10(6-4-9)17(14,15)11-7-1-2-8-11/h3-6,16H,1-2,7-8H2. The van der Waals surface area contributed by atoms with Gasteiger partial charge in [0.25, 0.3) is 0 Å². The Morgan fingerprint density at radius 1 is 1.00 bits per heavy atom. The van der Waals surface area contributed by atoms with Crippen molar-refractivity contribution in [3.05, 3.63) is 24.3 Å². The highest BCUT2D eigenvalue weighted by molar-refractivity contribution is 7.89. The van der Waals surface area contributed by atoms with Gasteiger partial charge in [-0.3, -0.25) is 0 Å². The van der Waals surface area contributed by atoms with Crippen molar-refractivity contribution in [2.24, 2.45) is 0 Å². The van der Waals surface area contributed by atoms with Crippen LogP contribution in [0.4, 0.5) is 0 Å². The molecule has 1 aromatic carbocycles. The Balaban J connectivity index is 2.33. The molecule has 0 bridgehead atoms. The summed E-state index contributed by atoms with van der Waals surface area (Å²) in [6.45, 7) is 1.08. The van der Waals surface area contributed by atoms with Gasteiger partial charge in [-0.05, 0) is 37.1 Å². The molecule has 0 aromatic heterocycles. The largest absolute Gasteiger partial charge is 0.243 e. The molecule has 1 aliphatic rings. The molecule has 7 heteroatoms. The van der Waals surface area contributed by atoms with Crippen molar-refractivity contribution in [1.82, 2.24) is 4.31 Å². The lowest BCUT2D eigenvalue weighted by atomic mass is 10.4. The summed E-state index contributed by atoms with van der Waals surface area (Å²) in [5.41, 5.74) is 0. The highest BCUT2D eigenvalue weighted by Gasteiger charge is 2.26. The molecule has 17 heavy (non-hydrogen) atoms. The van der Waals surface area contributed by atoms with Crippen LogP contribution in [0.5, 0.6) is 0 Å². The molecule has 1 heterocycles. The summed E-state index contributed by atoms with van der Waals surface area (Å²) >= 11 is 0. The van der Waals surface area contributed by atoms with E-state index >= 15 is 0 Å². The van der Waals surface area contributed by atoms with Gasteiger partial charge in [0.2, 0.25) is 10.0 Å². The summed E-state index contributed by atoms with van der Waals surface area (Å²) in [6, 6.07) is 5.31. The third-order valence-corrected chi connectivity index (χ3v) is 5.38. The predicted molar refractivity (Wildman–Crippen MR) is 63.0 cm³/mol. The second-order valence-corrected chi connectivity index (χ2v) is 6.83. The van der Waals surface area contributed by atoms with Crippen molar-refractivity contribution in [1.29, 1.82) is 0 Å². The van der Waals surface area contributed by atoms with Crippen LogP contribution < -0.4 is 0 Å². The molecule has 0 aliphatic carbocycles. The van der Waals surface area contributed by atoms with Crippen molar-refractivity contribution >= 4 is 20.7 Å². The molecule has 0 amide bonds. The fourth-order valence-electron chi connectivity index (χ4n) is 1.82. The predicted octanol–water partition coefficient (Wildman–Crippen LogP) is 0.441. The smallest absolute Gasteiger partial charge is 0.227 e. The van der Waals surface area contributed by atoms with Gasteiger partial charge in [0.05, 0.1) is 9.79 Å². The first-order chi connectivity index (χ1) is 8.01. The first kappa shape index (κ1) is 12.5. The Hall–Kier alpha value is -0.920. The van der Waals surface area contributed by atoms with E-state index < -0.39 is 20.7 Å². The molecule has 94 valence electrons. The molecule has 0 N–H and O–H groups in total. The van der Waals surface area contributed by atoms with E-state index in [9.17, 15) is 16.8 Å². The molecular formula is C10H13NO4S2. The zero-order chi connectivity index (χ0) is 12.5. The second kappa shape index (κ2) is 4.75. The summed E-state index contributed by atoms with van der Waals surface area (Å²) in [5.74, 6) is 0. The summed E-state index contributed by atoms with van der Waals surface area (Å²) in [6.07, 6.45) is 1.76. The van der Waals surface area contributed by atoms with Gasteiger partial charge in [-0.2, -0.15) is 4.31 Å². The molecule has 0 atom stereocenters. The van der Waals surface area contributed by atoms with Gasteiger partial charge in [0.15, 0.2) is 10.7 Å². The van der Waals surface area contributed by atoms with Gasteiger partial charge in [-0.1, -0.05) is 0 Å². The molecule has 0 unspecified atom stereocenters. The monoisotopic (exact) mass is 275 g/mol. The van der Waals surface area contributed by atoms with E-state index in [1.165, 1.54) is 28.6 Å². The van der Waals surface area contributed by atoms with Crippen molar-refractivity contribution in [3.63, 3.8) is 0 Å². The number of sulfonamides is 1. The van der Waals surface area contributed by atoms with E-state index in [0.717, 1.165) is 12.8 Å². The third-order valence-electron chi connectivity index (χ3n) is 2.75. The fraction of sp³-hybridized carbons (Fsp3) is 0.400. The summed E-state index contributed by atoms with van der Waals surface area (Å²) in [5, 5.41) is 0. The number of thiol groups is 1. The average molecular weight is 275 g/mol. The molecule has 5 nitrogen and oxygen atoms in total. The Labute approximate surface area is 102 Å². The Morgan fingerprint density at radius 3 is 2.00 bits per heavy atom. The lowest BCUT2D eigenvalue weighted by molar-refractivity contribution is 0.477. The van der Waals surface area contributed by atoms with Crippen molar-refractivity contribution in [3.8, 4) is 0 Å². The van der Waals surface area contributed by atoms with Crippen LogP contribution in [0.25, 0.3) is 0 Å². The number of rotatable bonds is 3. The maximum Gasteiger partial charge on any atom is 0.243 e. The zero-order valence-electron chi connectivity index (χ0n) is 9.07. The summed E-state index contributed by atoms with van der Waals surface area (Å²) < 4.78 is 47.0. The number of hydrogen-bond donors (Lipinski definition) is 1. The minimum atomic E-state index is -3.44. The van der Waals surface area contributed by atoms with Crippen LogP contribution in [0, 0.1) is 0 Å². The Bertz CT molecular complexity index is 561. The van der Waals surface area contributed by atoms with Crippen LogP contribution in [0.15, 0.2) is 34.1 Å². The Morgan fingerprint density at radius 2 is 1.53 bits per heavy atom. The van der Waals surface area contributed by atoms with Gasteiger partial charge in [0, 0.05) is 13.1 Å². The van der Waals surface area contributed by atoms with Crippen molar-refractivity contribution in [2.75, 3.05) is 13.1 Å². The first-order valence-corrected chi connectivity index (χ1v) is 7.88. The third kappa shape index (κ3) is 2.51. The average Bonchev–Trinajstić information content (AvgIpc) is 2.83. The normalized spacial score (nSPS) is 17.7. The van der Waals surface area contributed by atoms with Gasteiger partial charge >= 0.3 is 0 Å². The van der Waals surface area contributed by atoms with Gasteiger partial charge < -0.3 is 0 Å². The minimum absolute atomic E-state index is 0.125. The van der Waals surface area contributed by atoms with Crippen molar-refractivity contribution in [2.45, 2.75) is 22.6 Å². The second-order valence-electron chi connectivity index (χ2n) is 3.86. The lowest BCUT2D eigenvalue weighted by Gasteiger charge is -2.15. The van der Waals surface area contributed by atoms with Crippen LogP contribution in [-0.4, -0.2) is 34.2 Å². The van der Waals surface area contributed by atoms with E-state index in [1.807, 2.05) is 0 Å². The maximum absolute atomic E-state index is 12.1. The molecule has 1 aromatic rings. The van der Waals surface area contributed by atoms with Crippen LogP contribution >= 0.6 is 0 Å². The molecule has 1 saturated heterocycles. The fourth-order valence-corrected chi connectivity index (χ4v) is 3.73. The van der Waals surface area contributed by atoms with Crippen LogP contribution in [0.3, 0.4) is 0 Å². The van der Waals surface area contributed by atoms with E-state index in [2.05, 4.69) is 0 Å². The quantitative estimate of drug-likeness (QED) is 0.813. The van der Waals surface area contributed by atoms with Crippen LogP contribution in [0.1, 0.15) is 12.8 Å². The zero-order valence-corrected chi connectivity index (χ0v) is 10.8. The Kier molecular flexibility index (Phi) is 3.50. The van der Waals surface area contributed by atoms with Crippen LogP contribution in [-0.2, 0) is 20.7 Å². The summed E-state index contributed by atoms with van der Waals surface area (Å²) in [7, 11) is -6.11. The highest BCUT2D eigenvalue weighted by atomic mass is 32.2. The number of hydrogen-bond acceptors (Lipinski definition) is 4. The molecule has 0 spiro atoms. The lowest BCUT2D eigenvalue weighted by Crippen LogP contribution is -2.27. The van der Waals surface area contributed by atoms with Gasteiger partial charge in [-0.15, -0.1) is 0 Å². The SMILES string of the molecule is O=[SH](=O)c1ccc(S(=O)(=O)N2CCCC2)cc1. The molecule has 1 aliphatic heterocycles. The van der Waals surface area contributed by atoms with Gasteiger partial charge in [-0.25, -0.2) is 16.8 Å². The maximum atomic E-state index is 12.1. The summed E-state index contributed by atoms with van der Waals surface area (Å²) in [4.78, 5) is 0.278. The van der Waals surface area contributed by atoms with E-state index in [-0.39, 0.29) is 9.79 Å². The molecule has 0 radical (unpaired) electrons. The minimum Gasteiger partial charge on any atom is -0.227 e. The number of nitrogens with zero attached hydrogens (tertiary/aromatic N) is 1. The molecule has 1 fully saturated rings. The van der Waals surface area contributed by atoms with E-state index in [4.69, 9.17) is 0 Å². The molecule has 2 rings (SSSR count). The van der Waals surface area contributed by atoms with E-state index in [0.29, 0.717) is 13.1 Å². The van der Waals surface area contributed by atoms with Gasteiger partial charge in [0.1, 0.15) is 0 Å². The highest BCUT2D eigenvalue weighted by Crippen LogP contribution is 2.21. The molecular weight excluding hydrogens is 262 g/mol. The molecule has 0 saturated carbocycles.